The Labute approximate surface area is 173 Å². The fraction of sp³-hybridized carbons (Fsp3) is 0.304. The summed E-state index contributed by atoms with van der Waals surface area (Å²) in [6.45, 7) is 11.6. The van der Waals surface area contributed by atoms with E-state index in [1.807, 2.05) is 32.9 Å². The summed E-state index contributed by atoms with van der Waals surface area (Å²) in [5.41, 5.74) is 13.5. The van der Waals surface area contributed by atoms with Crippen molar-refractivity contribution >= 4 is 34.3 Å². The molecule has 0 aliphatic rings. The second kappa shape index (κ2) is 9.43. The molecule has 5 heteroatoms. The first-order valence-electron chi connectivity index (χ1n) is 9.39. The van der Waals surface area contributed by atoms with Gasteiger partial charge in [-0.3, -0.25) is 4.99 Å². The standard InChI is InChI=1S/C23H27ClN4/c1-6-27-17(5)23(16(4)26)18-9-8-15(3)22(12-18)28(7-2)20-11-10-19(14-25)21(24)13-20/h8-13H,6-7,26H2,1-5H3. The molecule has 0 bridgehead atoms. The van der Waals surface area contributed by atoms with Crippen molar-refractivity contribution in [3.8, 4) is 6.07 Å². The van der Waals surface area contributed by atoms with Crippen molar-refractivity contribution < 1.29 is 0 Å². The van der Waals surface area contributed by atoms with Crippen molar-refractivity contribution in [1.82, 2.24) is 0 Å². The minimum atomic E-state index is 0.455. The molecule has 0 atom stereocenters. The van der Waals surface area contributed by atoms with Crippen LogP contribution in [0.4, 0.5) is 11.4 Å². The Hall–Kier alpha value is -2.77. The largest absolute Gasteiger partial charge is 0.402 e. The molecule has 0 saturated carbocycles. The third-order valence-electron chi connectivity index (χ3n) is 4.64. The molecule has 2 N–H and O–H groups in total. The van der Waals surface area contributed by atoms with Crippen LogP contribution in [-0.4, -0.2) is 18.8 Å². The molecule has 0 spiro atoms. The van der Waals surface area contributed by atoms with E-state index in [4.69, 9.17) is 22.6 Å². The maximum absolute atomic E-state index is 9.14. The number of hydrogen-bond acceptors (Lipinski definition) is 4. The van der Waals surface area contributed by atoms with Crippen molar-refractivity contribution in [2.24, 2.45) is 10.7 Å². The van der Waals surface area contributed by atoms with E-state index in [2.05, 4.69) is 48.0 Å². The fourth-order valence-electron chi connectivity index (χ4n) is 3.35. The minimum Gasteiger partial charge on any atom is -0.402 e. The molecular weight excluding hydrogens is 368 g/mol. The molecule has 146 valence electrons. The van der Waals surface area contributed by atoms with Gasteiger partial charge < -0.3 is 10.6 Å². The van der Waals surface area contributed by atoms with Crippen LogP contribution in [0, 0.1) is 18.3 Å². The van der Waals surface area contributed by atoms with Gasteiger partial charge in [0.2, 0.25) is 0 Å². The normalized spacial score (nSPS) is 12.4. The summed E-state index contributed by atoms with van der Waals surface area (Å²) in [6.07, 6.45) is 0. The molecule has 0 radical (unpaired) electrons. The van der Waals surface area contributed by atoms with Gasteiger partial charge in [-0.25, -0.2) is 0 Å². The van der Waals surface area contributed by atoms with Crippen molar-refractivity contribution in [3.63, 3.8) is 0 Å². The Morgan fingerprint density at radius 3 is 2.43 bits per heavy atom. The molecule has 0 aliphatic heterocycles. The van der Waals surface area contributed by atoms with Crippen molar-refractivity contribution in [3.05, 3.63) is 63.8 Å². The number of nitrogens with zero attached hydrogens (tertiary/aromatic N) is 3. The minimum absolute atomic E-state index is 0.455. The topological polar surface area (TPSA) is 65.4 Å². The van der Waals surface area contributed by atoms with Gasteiger partial charge in [-0.1, -0.05) is 23.7 Å². The highest BCUT2D eigenvalue weighted by Gasteiger charge is 2.15. The van der Waals surface area contributed by atoms with Gasteiger partial charge in [-0.2, -0.15) is 5.26 Å². The quantitative estimate of drug-likeness (QED) is 0.625. The van der Waals surface area contributed by atoms with E-state index in [0.29, 0.717) is 17.1 Å². The lowest BCUT2D eigenvalue weighted by atomic mass is 9.97. The van der Waals surface area contributed by atoms with E-state index in [9.17, 15) is 0 Å². The van der Waals surface area contributed by atoms with E-state index >= 15 is 0 Å². The lowest BCUT2D eigenvalue weighted by molar-refractivity contribution is 1.01. The average molecular weight is 395 g/mol. The number of nitrogens with two attached hydrogens (primary N) is 1. The van der Waals surface area contributed by atoms with E-state index in [-0.39, 0.29) is 0 Å². The van der Waals surface area contributed by atoms with Crippen molar-refractivity contribution in [2.75, 3.05) is 18.0 Å². The van der Waals surface area contributed by atoms with Crippen LogP contribution in [0.3, 0.4) is 0 Å². The number of allylic oxidation sites excluding steroid dienone is 2. The van der Waals surface area contributed by atoms with E-state index in [0.717, 1.165) is 46.0 Å². The molecule has 4 nitrogen and oxygen atoms in total. The molecule has 0 unspecified atom stereocenters. The maximum Gasteiger partial charge on any atom is 0.101 e. The van der Waals surface area contributed by atoms with Crippen LogP contribution in [0.2, 0.25) is 5.02 Å². The zero-order valence-corrected chi connectivity index (χ0v) is 17.9. The predicted molar refractivity (Wildman–Crippen MR) is 120 cm³/mol. The van der Waals surface area contributed by atoms with Gasteiger partial charge in [0, 0.05) is 41.4 Å². The zero-order chi connectivity index (χ0) is 20.8. The third-order valence-corrected chi connectivity index (χ3v) is 4.95. The summed E-state index contributed by atoms with van der Waals surface area (Å²) < 4.78 is 0. The summed E-state index contributed by atoms with van der Waals surface area (Å²) in [5, 5.41) is 9.59. The first-order chi connectivity index (χ1) is 13.3. The monoisotopic (exact) mass is 394 g/mol. The summed E-state index contributed by atoms with van der Waals surface area (Å²) in [4.78, 5) is 6.73. The zero-order valence-electron chi connectivity index (χ0n) is 17.2. The number of anilines is 2. The average Bonchev–Trinajstić information content (AvgIpc) is 2.65. The van der Waals surface area contributed by atoms with E-state index < -0.39 is 0 Å². The van der Waals surface area contributed by atoms with Crippen LogP contribution in [0.5, 0.6) is 0 Å². The number of halogens is 1. The summed E-state index contributed by atoms with van der Waals surface area (Å²) in [5.74, 6) is 0. The molecule has 2 aromatic rings. The van der Waals surface area contributed by atoms with Gasteiger partial charge in [0.15, 0.2) is 0 Å². The summed E-state index contributed by atoms with van der Waals surface area (Å²) in [6, 6.07) is 14.0. The summed E-state index contributed by atoms with van der Waals surface area (Å²) in [7, 11) is 0. The first kappa shape index (κ1) is 21.5. The van der Waals surface area contributed by atoms with E-state index in [1.165, 1.54) is 0 Å². The molecule has 2 aromatic carbocycles. The highest BCUT2D eigenvalue weighted by atomic mass is 35.5. The molecule has 0 aromatic heterocycles. The molecule has 2 rings (SSSR count). The Kier molecular flexibility index (Phi) is 7.25. The molecule has 0 heterocycles. The van der Waals surface area contributed by atoms with Gasteiger partial charge in [0.25, 0.3) is 0 Å². The number of nitriles is 1. The number of hydrogen-bond donors (Lipinski definition) is 1. The lowest BCUT2D eigenvalue weighted by Crippen LogP contribution is -2.18. The Bertz CT molecular complexity index is 963. The molecule has 28 heavy (non-hydrogen) atoms. The number of aryl methyl sites for hydroxylation is 1. The smallest absolute Gasteiger partial charge is 0.101 e. The van der Waals surface area contributed by atoms with Crippen molar-refractivity contribution in [2.45, 2.75) is 34.6 Å². The Morgan fingerprint density at radius 1 is 1.18 bits per heavy atom. The second-order valence-electron chi connectivity index (χ2n) is 6.64. The van der Waals surface area contributed by atoms with Crippen LogP contribution >= 0.6 is 11.6 Å². The number of aliphatic imine (C=N–C) groups is 1. The number of rotatable bonds is 6. The lowest BCUT2D eigenvalue weighted by Gasteiger charge is -2.26. The molecule has 0 aliphatic carbocycles. The third kappa shape index (κ3) is 4.55. The Balaban J connectivity index is 2.60. The molecule has 0 amide bonds. The van der Waals surface area contributed by atoms with Gasteiger partial charge in [0.05, 0.1) is 10.6 Å². The summed E-state index contributed by atoms with van der Waals surface area (Å²) >= 11 is 6.27. The first-order valence-corrected chi connectivity index (χ1v) is 9.77. The fourth-order valence-corrected chi connectivity index (χ4v) is 3.57. The van der Waals surface area contributed by atoms with Crippen molar-refractivity contribution in [1.29, 1.82) is 5.26 Å². The van der Waals surface area contributed by atoms with Gasteiger partial charge >= 0.3 is 0 Å². The Morgan fingerprint density at radius 2 is 1.89 bits per heavy atom. The van der Waals surface area contributed by atoms with Crippen LogP contribution in [0.1, 0.15) is 44.4 Å². The highest BCUT2D eigenvalue weighted by molar-refractivity contribution is 6.32. The van der Waals surface area contributed by atoms with Crippen LogP contribution < -0.4 is 10.6 Å². The van der Waals surface area contributed by atoms with E-state index in [1.54, 1.807) is 6.07 Å². The number of benzene rings is 2. The van der Waals surface area contributed by atoms with Gasteiger partial charge in [0.1, 0.15) is 6.07 Å². The van der Waals surface area contributed by atoms with Crippen LogP contribution in [0.25, 0.3) is 5.57 Å². The maximum atomic E-state index is 9.14. The van der Waals surface area contributed by atoms with Gasteiger partial charge in [-0.05, 0) is 70.0 Å². The van der Waals surface area contributed by atoms with Crippen LogP contribution in [-0.2, 0) is 0 Å². The molecule has 0 fully saturated rings. The van der Waals surface area contributed by atoms with Crippen LogP contribution in [0.15, 0.2) is 47.1 Å². The second-order valence-corrected chi connectivity index (χ2v) is 7.05. The molecular formula is C23H27ClN4. The SMILES string of the molecule is CCN=C(C)C(=C(C)N)c1ccc(C)c(N(CC)c2ccc(C#N)c(Cl)c2)c1. The predicted octanol–water partition coefficient (Wildman–Crippen LogP) is 5.85. The molecule has 0 saturated heterocycles. The van der Waals surface area contributed by atoms with Gasteiger partial charge in [-0.15, -0.1) is 0 Å². The highest BCUT2D eigenvalue weighted by Crippen LogP contribution is 2.33.